The summed E-state index contributed by atoms with van der Waals surface area (Å²) in [5.41, 5.74) is 3.38. The Kier molecular flexibility index (Phi) is 5.93. The lowest BCUT2D eigenvalue weighted by Gasteiger charge is -2.29. The number of para-hydroxylation sites is 1. The van der Waals surface area contributed by atoms with Crippen molar-refractivity contribution >= 4 is 27.3 Å². The van der Waals surface area contributed by atoms with Crippen molar-refractivity contribution in [1.82, 2.24) is 0 Å². The second kappa shape index (κ2) is 8.67. The van der Waals surface area contributed by atoms with Crippen LogP contribution in [0.4, 0.5) is 11.4 Å². The van der Waals surface area contributed by atoms with Crippen molar-refractivity contribution in [1.29, 1.82) is 0 Å². The number of rotatable bonds is 6. The van der Waals surface area contributed by atoms with Gasteiger partial charge in [-0.05, 0) is 68.3 Å². The normalized spacial score (nSPS) is 15.3. The summed E-state index contributed by atoms with van der Waals surface area (Å²) < 4.78 is 33.6. The first kappa shape index (κ1) is 21.9. The van der Waals surface area contributed by atoms with Gasteiger partial charge < -0.3 is 9.64 Å². The van der Waals surface area contributed by atoms with Crippen molar-refractivity contribution in [2.75, 3.05) is 22.9 Å². The Bertz CT molecular complexity index is 1220. The van der Waals surface area contributed by atoms with Crippen LogP contribution in [0.25, 0.3) is 0 Å². The van der Waals surface area contributed by atoms with Crippen molar-refractivity contribution in [2.45, 2.75) is 31.2 Å². The van der Waals surface area contributed by atoms with Gasteiger partial charge in [0.25, 0.3) is 10.0 Å². The van der Waals surface area contributed by atoms with Gasteiger partial charge in [0, 0.05) is 11.7 Å². The van der Waals surface area contributed by atoms with Crippen molar-refractivity contribution in [3.63, 3.8) is 0 Å². The van der Waals surface area contributed by atoms with Crippen LogP contribution >= 0.6 is 0 Å². The number of aryl methyl sites for hydroxylation is 1. The van der Waals surface area contributed by atoms with E-state index in [2.05, 4.69) is 0 Å². The zero-order valence-corrected chi connectivity index (χ0v) is 19.2. The number of ether oxygens (including phenoxy) is 1. The van der Waals surface area contributed by atoms with Crippen molar-refractivity contribution in [3.05, 3.63) is 83.9 Å². The molecule has 166 valence electrons. The van der Waals surface area contributed by atoms with E-state index in [1.54, 1.807) is 29.2 Å². The highest BCUT2D eigenvalue weighted by Crippen LogP contribution is 2.33. The van der Waals surface area contributed by atoms with Crippen molar-refractivity contribution in [3.8, 4) is 5.75 Å². The molecule has 0 radical (unpaired) electrons. The predicted molar refractivity (Wildman–Crippen MR) is 126 cm³/mol. The molecular formula is C25H26N2O4S. The molecule has 0 fully saturated rings. The number of fused-ring (bicyclic) bond motifs is 1. The summed E-state index contributed by atoms with van der Waals surface area (Å²) in [6.45, 7) is 3.61. The van der Waals surface area contributed by atoms with E-state index in [-0.39, 0.29) is 23.4 Å². The maximum atomic E-state index is 13.6. The number of sulfonamides is 1. The van der Waals surface area contributed by atoms with Gasteiger partial charge in [-0.3, -0.25) is 9.10 Å². The Morgan fingerprint density at radius 2 is 1.69 bits per heavy atom. The zero-order valence-electron chi connectivity index (χ0n) is 18.4. The lowest BCUT2D eigenvalue weighted by atomic mass is 10.1. The summed E-state index contributed by atoms with van der Waals surface area (Å²) in [4.78, 5) is 15.3. The summed E-state index contributed by atoms with van der Waals surface area (Å²) >= 11 is 0. The van der Waals surface area contributed by atoms with Crippen LogP contribution in [0, 0.1) is 6.92 Å². The van der Waals surface area contributed by atoms with E-state index in [1.807, 2.05) is 50.2 Å². The molecule has 3 aromatic carbocycles. The van der Waals surface area contributed by atoms with Gasteiger partial charge in [-0.1, -0.05) is 35.9 Å². The highest BCUT2D eigenvalue weighted by Gasteiger charge is 2.34. The molecule has 0 aromatic heterocycles. The van der Waals surface area contributed by atoms with Gasteiger partial charge >= 0.3 is 0 Å². The van der Waals surface area contributed by atoms with E-state index in [4.69, 9.17) is 4.74 Å². The van der Waals surface area contributed by atoms with Gasteiger partial charge in [-0.15, -0.1) is 0 Å². The van der Waals surface area contributed by atoms with E-state index < -0.39 is 10.0 Å². The maximum absolute atomic E-state index is 13.6. The first-order valence-corrected chi connectivity index (χ1v) is 11.9. The monoisotopic (exact) mass is 450 g/mol. The Hall–Kier alpha value is -3.32. The molecule has 6 nitrogen and oxygen atoms in total. The number of hydrogen-bond acceptors (Lipinski definition) is 4. The Balaban J connectivity index is 1.72. The molecule has 0 saturated carbocycles. The van der Waals surface area contributed by atoms with E-state index in [0.717, 1.165) is 23.2 Å². The number of benzene rings is 3. The largest absolute Gasteiger partial charge is 0.497 e. The minimum absolute atomic E-state index is 0.0385. The van der Waals surface area contributed by atoms with Crippen LogP contribution in [0.3, 0.4) is 0 Å². The number of hydrogen-bond donors (Lipinski definition) is 0. The fourth-order valence-corrected chi connectivity index (χ4v) is 5.46. The molecule has 0 N–H and O–H groups in total. The summed E-state index contributed by atoms with van der Waals surface area (Å²) in [6.07, 6.45) is 0.748. The van der Waals surface area contributed by atoms with Gasteiger partial charge in [-0.2, -0.15) is 0 Å². The molecule has 7 heteroatoms. The third-order valence-electron chi connectivity index (χ3n) is 5.72. The average Bonchev–Trinajstić information content (AvgIpc) is 3.13. The van der Waals surface area contributed by atoms with Crippen molar-refractivity contribution in [2.24, 2.45) is 0 Å². The highest BCUT2D eigenvalue weighted by atomic mass is 32.2. The van der Waals surface area contributed by atoms with E-state index >= 15 is 0 Å². The third-order valence-corrected chi connectivity index (χ3v) is 7.51. The molecule has 0 unspecified atom stereocenters. The number of carbonyl (C=O) groups is 1. The first-order valence-electron chi connectivity index (χ1n) is 10.4. The number of anilines is 2. The Morgan fingerprint density at radius 1 is 1.03 bits per heavy atom. The first-order chi connectivity index (χ1) is 15.3. The molecule has 1 heterocycles. The van der Waals surface area contributed by atoms with E-state index in [9.17, 15) is 13.2 Å². The minimum Gasteiger partial charge on any atom is -0.497 e. The third kappa shape index (κ3) is 4.08. The van der Waals surface area contributed by atoms with E-state index in [1.165, 1.54) is 23.5 Å². The highest BCUT2D eigenvalue weighted by molar-refractivity contribution is 7.92. The quantitative estimate of drug-likeness (QED) is 0.565. The topological polar surface area (TPSA) is 66.9 Å². The number of nitrogens with zero attached hydrogens (tertiary/aromatic N) is 2. The van der Waals surface area contributed by atoms with Gasteiger partial charge in [-0.25, -0.2) is 8.42 Å². The number of methoxy groups -OCH3 is 1. The fraction of sp³-hybridized carbons (Fsp3) is 0.240. The molecular weight excluding hydrogens is 424 g/mol. The van der Waals surface area contributed by atoms with Crippen LogP contribution < -0.4 is 13.9 Å². The van der Waals surface area contributed by atoms with Crippen LogP contribution in [0.1, 0.15) is 18.1 Å². The van der Waals surface area contributed by atoms with Crippen LogP contribution in [-0.4, -0.2) is 34.0 Å². The Labute approximate surface area is 189 Å². The lowest BCUT2D eigenvalue weighted by molar-refractivity contribution is -0.117. The molecule has 4 rings (SSSR count). The average molecular weight is 451 g/mol. The Morgan fingerprint density at radius 3 is 2.34 bits per heavy atom. The lowest BCUT2D eigenvalue weighted by Crippen LogP contribution is -2.45. The molecule has 1 amide bonds. The second-order valence-electron chi connectivity index (χ2n) is 7.97. The zero-order chi connectivity index (χ0) is 22.9. The van der Waals surface area contributed by atoms with Gasteiger partial charge in [0.2, 0.25) is 5.91 Å². The fourth-order valence-electron chi connectivity index (χ4n) is 4.05. The van der Waals surface area contributed by atoms with Gasteiger partial charge in [0.1, 0.15) is 12.3 Å². The molecule has 1 aliphatic rings. The van der Waals surface area contributed by atoms with E-state index in [0.29, 0.717) is 11.4 Å². The van der Waals surface area contributed by atoms with Crippen LogP contribution in [0.2, 0.25) is 0 Å². The summed E-state index contributed by atoms with van der Waals surface area (Å²) in [7, 11) is -2.46. The van der Waals surface area contributed by atoms with Gasteiger partial charge in [0.05, 0.1) is 17.7 Å². The minimum atomic E-state index is -3.98. The molecule has 0 spiro atoms. The van der Waals surface area contributed by atoms with Crippen LogP contribution in [-0.2, 0) is 21.2 Å². The summed E-state index contributed by atoms with van der Waals surface area (Å²) in [5, 5.41) is 0. The molecule has 1 atom stereocenters. The molecule has 32 heavy (non-hydrogen) atoms. The summed E-state index contributed by atoms with van der Waals surface area (Å²) in [6, 6.07) is 21.0. The smallest absolute Gasteiger partial charge is 0.264 e. The predicted octanol–water partition coefficient (Wildman–Crippen LogP) is 4.18. The maximum Gasteiger partial charge on any atom is 0.264 e. The second-order valence-corrected chi connectivity index (χ2v) is 9.83. The van der Waals surface area contributed by atoms with Crippen molar-refractivity contribution < 1.29 is 17.9 Å². The molecule has 0 saturated heterocycles. The number of amides is 1. The van der Waals surface area contributed by atoms with Crippen LogP contribution in [0.15, 0.2) is 77.7 Å². The molecule has 0 aliphatic carbocycles. The SMILES string of the molecule is COc1ccc(S(=O)(=O)N(CC(=O)N2c3ccccc3C[C@H]2C)c2ccc(C)cc2)cc1. The summed E-state index contributed by atoms with van der Waals surface area (Å²) in [5.74, 6) is 0.296. The standard InChI is InChI=1S/C25H26N2O4S/c1-18-8-10-21(11-9-18)26(32(29,30)23-14-12-22(31-3)13-15-23)17-25(28)27-19(2)16-20-6-4-5-7-24(20)27/h4-15,19H,16-17H2,1-3H3/t19-/m1/s1. The molecule has 0 bridgehead atoms. The number of carbonyl (C=O) groups excluding carboxylic acids is 1. The molecule has 3 aromatic rings. The van der Waals surface area contributed by atoms with Gasteiger partial charge in [0.15, 0.2) is 0 Å². The van der Waals surface area contributed by atoms with Crippen LogP contribution in [0.5, 0.6) is 5.75 Å². The molecule has 1 aliphatic heterocycles.